The summed E-state index contributed by atoms with van der Waals surface area (Å²) in [5.74, 6) is -0.0490. The lowest BCUT2D eigenvalue weighted by atomic mass is 9.75. The Kier molecular flexibility index (Phi) is 4.24. The molecule has 8 nitrogen and oxygen atoms in total. The summed E-state index contributed by atoms with van der Waals surface area (Å²) in [5.41, 5.74) is -2.98. The van der Waals surface area contributed by atoms with Gasteiger partial charge < -0.3 is 9.84 Å². The van der Waals surface area contributed by atoms with E-state index in [0.29, 0.717) is 11.3 Å². The van der Waals surface area contributed by atoms with Gasteiger partial charge in [-0.05, 0) is 39.0 Å². The number of thiol groups is 1. The Hall–Kier alpha value is -2.52. The first kappa shape index (κ1) is 18.3. The molecule has 3 N–H and O–H groups in total. The van der Waals surface area contributed by atoms with Gasteiger partial charge in [-0.2, -0.15) is 0 Å². The number of hydrogen-bond acceptors (Lipinski definition) is 6. The predicted molar refractivity (Wildman–Crippen MR) is 97.7 cm³/mol. The number of hydrogen-bond donors (Lipinski definition) is 4. The lowest BCUT2D eigenvalue weighted by molar-refractivity contribution is -0.141. The predicted octanol–water partition coefficient (Wildman–Crippen LogP) is 0.623. The molecule has 1 aliphatic rings. The number of nitrogens with one attached hydrogen (secondary N) is 2. The van der Waals surface area contributed by atoms with E-state index in [1.54, 1.807) is 26.0 Å². The third kappa shape index (κ3) is 2.73. The molecule has 0 spiro atoms. The average molecular weight is 377 g/mol. The monoisotopic (exact) mass is 377 g/mol. The second-order valence-electron chi connectivity index (χ2n) is 6.87. The fourth-order valence-corrected chi connectivity index (χ4v) is 3.22. The van der Waals surface area contributed by atoms with E-state index < -0.39 is 34.3 Å². The van der Waals surface area contributed by atoms with Crippen LogP contribution in [0.4, 0.5) is 0 Å². The lowest BCUT2D eigenvalue weighted by Crippen LogP contribution is -2.61. The lowest BCUT2D eigenvalue weighted by Gasteiger charge is -2.49. The number of carbonyl (C=O) groups is 1. The second-order valence-corrected chi connectivity index (χ2v) is 7.10. The highest BCUT2D eigenvalue weighted by Crippen LogP contribution is 2.47. The molecule has 0 bridgehead atoms. The van der Waals surface area contributed by atoms with Crippen LogP contribution in [0.25, 0.3) is 0 Å². The summed E-state index contributed by atoms with van der Waals surface area (Å²) in [6.07, 6.45) is 0. The zero-order chi connectivity index (χ0) is 19.3. The molecule has 0 saturated heterocycles. The number of nitrogens with zero attached hydrogens (tertiary/aromatic N) is 1. The molecule has 0 aliphatic carbocycles. The molecule has 1 amide bonds. The van der Waals surface area contributed by atoms with E-state index in [0.717, 1.165) is 16.8 Å². The number of rotatable bonds is 2. The van der Waals surface area contributed by atoms with Gasteiger partial charge >= 0.3 is 0 Å². The molecule has 2 unspecified atom stereocenters. The number of benzene rings is 1. The molecule has 9 heteroatoms. The van der Waals surface area contributed by atoms with Gasteiger partial charge in [-0.25, -0.2) is 4.68 Å². The molecule has 0 saturated carbocycles. The van der Waals surface area contributed by atoms with Crippen LogP contribution >= 0.6 is 12.8 Å². The smallest absolute Gasteiger partial charge is 0.265 e. The molecule has 2 heterocycles. The van der Waals surface area contributed by atoms with Crippen molar-refractivity contribution in [2.24, 2.45) is 0 Å². The van der Waals surface area contributed by atoms with E-state index in [9.17, 15) is 19.5 Å². The van der Waals surface area contributed by atoms with E-state index >= 15 is 0 Å². The zero-order valence-corrected chi connectivity index (χ0v) is 15.3. The van der Waals surface area contributed by atoms with Crippen LogP contribution in [0.2, 0.25) is 0 Å². The number of fused-ring (bicyclic) bond motifs is 1. The summed E-state index contributed by atoms with van der Waals surface area (Å²) in [6.45, 7) is 4.89. The third-order valence-corrected chi connectivity index (χ3v) is 5.09. The van der Waals surface area contributed by atoms with Crippen molar-refractivity contribution in [3.05, 3.63) is 62.2 Å². The average Bonchev–Trinajstić information content (AvgIpc) is 2.57. The van der Waals surface area contributed by atoms with Gasteiger partial charge in [0.1, 0.15) is 23.0 Å². The standard InChI is InChI=1S/C17H19N3O5S/c1-16(2)17(3,24)14(20-13(22)7-6-12(21)18-20)10-8-9(15(23)19-26)4-5-11(10)25-16/h4-8,14,24,26H,1-3H3,(H,18,21)(H,19,23). The first-order chi connectivity index (χ1) is 12.1. The first-order valence-electron chi connectivity index (χ1n) is 7.90. The Morgan fingerprint density at radius 1 is 1.27 bits per heavy atom. The summed E-state index contributed by atoms with van der Waals surface area (Å²) >= 11 is 3.75. The molecule has 2 atom stereocenters. The minimum atomic E-state index is -1.58. The number of ether oxygens (including phenoxy) is 1. The molecule has 0 fully saturated rings. The van der Waals surface area contributed by atoms with Crippen molar-refractivity contribution in [2.75, 3.05) is 0 Å². The van der Waals surface area contributed by atoms with Crippen LogP contribution in [0.1, 0.15) is 42.7 Å². The van der Waals surface area contributed by atoms with E-state index in [4.69, 9.17) is 4.74 Å². The molecule has 3 rings (SSSR count). The largest absolute Gasteiger partial charge is 0.484 e. The molecular formula is C17H19N3O5S. The van der Waals surface area contributed by atoms with E-state index in [1.165, 1.54) is 13.0 Å². The van der Waals surface area contributed by atoms with E-state index in [2.05, 4.69) is 22.6 Å². The summed E-state index contributed by atoms with van der Waals surface area (Å²) in [4.78, 5) is 36.1. The Balaban J connectivity index is 2.33. The van der Waals surface area contributed by atoms with E-state index in [-0.39, 0.29) is 5.56 Å². The second kappa shape index (κ2) is 6.03. The molecular weight excluding hydrogens is 358 g/mol. The third-order valence-electron chi connectivity index (χ3n) is 4.89. The molecule has 138 valence electrons. The normalized spacial score (nSPS) is 23.7. The topological polar surface area (TPSA) is 113 Å². The first-order valence-corrected chi connectivity index (χ1v) is 8.35. The zero-order valence-electron chi connectivity index (χ0n) is 14.4. The van der Waals surface area contributed by atoms with Crippen LogP contribution in [-0.2, 0) is 0 Å². The van der Waals surface area contributed by atoms with Crippen molar-refractivity contribution in [1.29, 1.82) is 0 Å². The molecule has 26 heavy (non-hydrogen) atoms. The summed E-state index contributed by atoms with van der Waals surface area (Å²) in [6, 6.07) is 5.91. The number of aromatic nitrogens is 2. The molecule has 1 aliphatic heterocycles. The van der Waals surface area contributed by atoms with Gasteiger partial charge in [0.05, 0.1) is 0 Å². The van der Waals surface area contributed by atoms with Gasteiger partial charge in [0.2, 0.25) is 0 Å². The van der Waals surface area contributed by atoms with Crippen molar-refractivity contribution >= 4 is 18.7 Å². The molecule has 2 aromatic rings. The van der Waals surface area contributed by atoms with Gasteiger partial charge in [-0.3, -0.25) is 24.2 Å². The van der Waals surface area contributed by atoms with Crippen molar-refractivity contribution in [2.45, 2.75) is 38.0 Å². The van der Waals surface area contributed by atoms with Crippen LogP contribution in [-0.4, -0.2) is 32.0 Å². The van der Waals surface area contributed by atoms with E-state index in [1.807, 2.05) is 0 Å². The van der Waals surface area contributed by atoms with Crippen LogP contribution in [0, 0.1) is 0 Å². The maximum Gasteiger partial charge on any atom is 0.265 e. The molecule has 1 aromatic carbocycles. The Bertz CT molecular complexity index is 992. The number of H-pyrrole nitrogens is 1. The Morgan fingerprint density at radius 2 is 1.96 bits per heavy atom. The van der Waals surface area contributed by atoms with Gasteiger partial charge in [0.15, 0.2) is 0 Å². The van der Waals surface area contributed by atoms with Gasteiger partial charge in [-0.1, -0.05) is 12.8 Å². The Morgan fingerprint density at radius 3 is 2.62 bits per heavy atom. The van der Waals surface area contributed by atoms with Gasteiger partial charge in [-0.15, -0.1) is 0 Å². The highest BCUT2D eigenvalue weighted by Gasteiger charge is 2.54. The highest BCUT2D eigenvalue weighted by molar-refractivity contribution is 7.78. The van der Waals surface area contributed by atoms with Gasteiger partial charge in [0, 0.05) is 23.3 Å². The SMILES string of the molecule is CC1(C)Oc2ccc(C(=O)NS)cc2C(n2[nH]c(=O)ccc2=O)C1(C)O. The summed E-state index contributed by atoms with van der Waals surface area (Å²) in [7, 11) is 0. The van der Waals surface area contributed by atoms with Crippen molar-refractivity contribution in [1.82, 2.24) is 14.5 Å². The minimum absolute atomic E-state index is 0.272. The van der Waals surface area contributed by atoms with Crippen LogP contribution in [0.5, 0.6) is 5.75 Å². The number of aliphatic hydroxyl groups is 1. The quantitative estimate of drug-likeness (QED) is 0.573. The fraction of sp³-hybridized carbons (Fsp3) is 0.353. The maximum atomic E-state index is 12.4. The minimum Gasteiger partial charge on any atom is -0.484 e. The Labute approximate surface area is 154 Å². The van der Waals surface area contributed by atoms with Crippen LogP contribution in [0.15, 0.2) is 39.9 Å². The fourth-order valence-electron chi connectivity index (χ4n) is 3.09. The van der Waals surface area contributed by atoms with Crippen LogP contribution < -0.4 is 20.6 Å². The van der Waals surface area contributed by atoms with Gasteiger partial charge in [0.25, 0.3) is 17.0 Å². The van der Waals surface area contributed by atoms with Crippen LogP contribution in [0.3, 0.4) is 0 Å². The summed E-state index contributed by atoms with van der Waals surface area (Å²) < 4.78 is 9.21. The highest BCUT2D eigenvalue weighted by atomic mass is 32.1. The summed E-state index contributed by atoms with van der Waals surface area (Å²) in [5, 5.41) is 13.7. The van der Waals surface area contributed by atoms with Crippen molar-refractivity contribution in [3.8, 4) is 5.75 Å². The maximum absolute atomic E-state index is 12.4. The molecule has 0 radical (unpaired) electrons. The number of amides is 1. The number of carbonyl (C=O) groups excluding carboxylic acids is 1. The number of aromatic amines is 1. The van der Waals surface area contributed by atoms with Crippen molar-refractivity contribution < 1.29 is 14.6 Å². The van der Waals surface area contributed by atoms with Crippen molar-refractivity contribution in [3.63, 3.8) is 0 Å². The molecule has 1 aromatic heterocycles.